The van der Waals surface area contributed by atoms with E-state index in [1.165, 1.54) is 10.8 Å². The van der Waals surface area contributed by atoms with Crippen LogP contribution in [0.15, 0.2) is 34.3 Å². The molecule has 1 aromatic heterocycles. The monoisotopic (exact) mass is 197 g/mol. The van der Waals surface area contributed by atoms with Gasteiger partial charge in [0.1, 0.15) is 6.26 Å². The molecule has 0 bridgehead atoms. The number of aromatic nitrogens is 1. The molecule has 4 heteroatoms. The van der Waals surface area contributed by atoms with Crippen LogP contribution in [0.3, 0.4) is 0 Å². The van der Waals surface area contributed by atoms with Crippen LogP contribution in [-0.4, -0.2) is 16.3 Å². The summed E-state index contributed by atoms with van der Waals surface area (Å²) in [6, 6.07) is 0.0471. The lowest BCUT2D eigenvalue weighted by molar-refractivity contribution is 0.268. The molecule has 0 saturated carbocycles. The average Bonchev–Trinajstić information content (AvgIpc) is 2.59. The zero-order valence-corrected chi connectivity index (χ0v) is 8.06. The van der Waals surface area contributed by atoms with Crippen LogP contribution < -0.4 is 5.76 Å². The van der Waals surface area contributed by atoms with Gasteiger partial charge in [0.25, 0.3) is 0 Å². The number of hydrogen-bond donors (Lipinski definition) is 1. The fraction of sp³-hybridized carbons (Fsp3) is 0.500. The van der Waals surface area contributed by atoms with Crippen molar-refractivity contribution in [1.82, 2.24) is 4.57 Å². The van der Waals surface area contributed by atoms with Crippen molar-refractivity contribution in [2.45, 2.75) is 25.3 Å². The number of rotatable bonds is 6. The summed E-state index contributed by atoms with van der Waals surface area (Å²) in [6.07, 6.45) is 6.89. The number of aliphatic hydroxyl groups excluding tert-OH is 1. The molecule has 1 atom stereocenters. The Kier molecular flexibility index (Phi) is 4.19. The van der Waals surface area contributed by atoms with E-state index in [2.05, 4.69) is 11.0 Å². The SMILES string of the molecule is C=CC[C@@H](CCCO)n1ccoc1=O. The largest absolute Gasteiger partial charge is 0.419 e. The Morgan fingerprint density at radius 3 is 3.00 bits per heavy atom. The minimum absolute atomic E-state index is 0.0471. The number of aliphatic hydroxyl groups is 1. The van der Waals surface area contributed by atoms with E-state index in [0.717, 1.165) is 6.42 Å². The van der Waals surface area contributed by atoms with Crippen LogP contribution in [0.5, 0.6) is 0 Å². The van der Waals surface area contributed by atoms with E-state index in [1.807, 2.05) is 0 Å². The maximum atomic E-state index is 11.2. The predicted octanol–water partition coefficient (Wildman–Crippen LogP) is 1.33. The van der Waals surface area contributed by atoms with Crippen LogP contribution in [0.1, 0.15) is 25.3 Å². The molecule has 0 radical (unpaired) electrons. The quantitative estimate of drug-likeness (QED) is 0.700. The van der Waals surface area contributed by atoms with Gasteiger partial charge in [-0.15, -0.1) is 6.58 Å². The maximum Gasteiger partial charge on any atom is 0.419 e. The summed E-state index contributed by atoms with van der Waals surface area (Å²) in [6.45, 7) is 3.78. The Bertz CT molecular complexity index is 326. The first kappa shape index (κ1) is 10.8. The van der Waals surface area contributed by atoms with Crippen molar-refractivity contribution < 1.29 is 9.52 Å². The molecule has 0 saturated heterocycles. The molecular weight excluding hydrogens is 182 g/mol. The third-order valence-electron chi connectivity index (χ3n) is 2.13. The predicted molar refractivity (Wildman–Crippen MR) is 53.1 cm³/mol. The van der Waals surface area contributed by atoms with Crippen LogP contribution in [-0.2, 0) is 0 Å². The molecule has 14 heavy (non-hydrogen) atoms. The van der Waals surface area contributed by atoms with Crippen LogP contribution in [0.2, 0.25) is 0 Å². The van der Waals surface area contributed by atoms with Crippen molar-refractivity contribution in [3.63, 3.8) is 0 Å². The Balaban J connectivity index is 2.72. The van der Waals surface area contributed by atoms with Crippen molar-refractivity contribution in [2.24, 2.45) is 0 Å². The molecule has 1 rings (SSSR count). The normalized spacial score (nSPS) is 12.6. The smallest absolute Gasteiger partial charge is 0.416 e. The second-order valence-electron chi connectivity index (χ2n) is 3.12. The van der Waals surface area contributed by atoms with Gasteiger partial charge >= 0.3 is 5.76 Å². The highest BCUT2D eigenvalue weighted by Crippen LogP contribution is 2.16. The van der Waals surface area contributed by atoms with Gasteiger partial charge in [-0.05, 0) is 19.3 Å². The molecule has 78 valence electrons. The first-order valence-electron chi connectivity index (χ1n) is 4.67. The standard InChI is InChI=1S/C10H15NO3/c1-2-4-9(5-3-7-12)11-6-8-14-10(11)13/h2,6,8-9,12H,1,3-5,7H2/t9-/m0/s1. The van der Waals surface area contributed by atoms with Gasteiger partial charge in [-0.2, -0.15) is 0 Å². The highest BCUT2D eigenvalue weighted by atomic mass is 16.4. The lowest BCUT2D eigenvalue weighted by Gasteiger charge is -2.13. The molecule has 0 aliphatic heterocycles. The molecule has 0 aromatic carbocycles. The molecule has 0 spiro atoms. The van der Waals surface area contributed by atoms with Gasteiger partial charge in [-0.3, -0.25) is 4.57 Å². The molecule has 0 fully saturated rings. The minimum Gasteiger partial charge on any atom is -0.416 e. The molecule has 0 aliphatic rings. The lowest BCUT2D eigenvalue weighted by Crippen LogP contribution is -2.19. The van der Waals surface area contributed by atoms with E-state index in [9.17, 15) is 4.79 Å². The number of oxazole rings is 1. The number of nitrogens with zero attached hydrogens (tertiary/aromatic N) is 1. The molecule has 1 heterocycles. The Hall–Kier alpha value is -1.29. The maximum absolute atomic E-state index is 11.2. The summed E-state index contributed by atoms with van der Waals surface area (Å²) in [7, 11) is 0. The van der Waals surface area contributed by atoms with Crippen LogP contribution >= 0.6 is 0 Å². The van der Waals surface area contributed by atoms with Crippen molar-refractivity contribution >= 4 is 0 Å². The Labute approximate surface area is 82.5 Å². The average molecular weight is 197 g/mol. The van der Waals surface area contributed by atoms with Gasteiger partial charge in [-0.1, -0.05) is 6.08 Å². The van der Waals surface area contributed by atoms with E-state index < -0.39 is 0 Å². The molecule has 0 aliphatic carbocycles. The van der Waals surface area contributed by atoms with Gasteiger partial charge < -0.3 is 9.52 Å². The van der Waals surface area contributed by atoms with Crippen LogP contribution in [0.4, 0.5) is 0 Å². The van der Waals surface area contributed by atoms with Gasteiger partial charge in [-0.25, -0.2) is 4.79 Å². The van der Waals surface area contributed by atoms with E-state index >= 15 is 0 Å². The topological polar surface area (TPSA) is 55.4 Å². The molecule has 0 amide bonds. The minimum atomic E-state index is -0.352. The van der Waals surface area contributed by atoms with Crippen molar-refractivity contribution in [3.05, 3.63) is 35.7 Å². The Morgan fingerprint density at radius 2 is 2.50 bits per heavy atom. The summed E-state index contributed by atoms with van der Waals surface area (Å²) in [5.41, 5.74) is 0. The lowest BCUT2D eigenvalue weighted by atomic mass is 10.1. The van der Waals surface area contributed by atoms with Gasteiger partial charge in [0.05, 0.1) is 0 Å². The molecule has 4 nitrogen and oxygen atoms in total. The van der Waals surface area contributed by atoms with Gasteiger partial charge in [0.15, 0.2) is 0 Å². The second kappa shape index (κ2) is 5.44. The summed E-state index contributed by atoms with van der Waals surface area (Å²) in [5, 5.41) is 8.71. The Morgan fingerprint density at radius 1 is 1.71 bits per heavy atom. The summed E-state index contributed by atoms with van der Waals surface area (Å²) in [4.78, 5) is 11.2. The molecule has 1 aromatic rings. The second-order valence-corrected chi connectivity index (χ2v) is 3.12. The van der Waals surface area contributed by atoms with Crippen molar-refractivity contribution in [2.75, 3.05) is 6.61 Å². The third-order valence-corrected chi connectivity index (χ3v) is 2.13. The molecule has 0 unspecified atom stereocenters. The summed E-state index contributed by atoms with van der Waals surface area (Å²) >= 11 is 0. The van der Waals surface area contributed by atoms with Gasteiger partial charge in [0.2, 0.25) is 0 Å². The van der Waals surface area contributed by atoms with E-state index in [-0.39, 0.29) is 18.4 Å². The van der Waals surface area contributed by atoms with E-state index in [0.29, 0.717) is 12.8 Å². The fourth-order valence-electron chi connectivity index (χ4n) is 1.44. The molecular formula is C10H15NO3. The highest BCUT2D eigenvalue weighted by Gasteiger charge is 2.11. The first-order valence-corrected chi connectivity index (χ1v) is 4.67. The zero-order valence-electron chi connectivity index (χ0n) is 8.06. The van der Waals surface area contributed by atoms with E-state index in [1.54, 1.807) is 12.3 Å². The first-order chi connectivity index (χ1) is 6.79. The summed E-state index contributed by atoms with van der Waals surface area (Å²) in [5.74, 6) is -0.352. The summed E-state index contributed by atoms with van der Waals surface area (Å²) < 4.78 is 6.22. The van der Waals surface area contributed by atoms with E-state index in [4.69, 9.17) is 5.11 Å². The number of hydrogen-bond acceptors (Lipinski definition) is 3. The van der Waals surface area contributed by atoms with Crippen molar-refractivity contribution in [3.8, 4) is 0 Å². The number of allylic oxidation sites excluding steroid dienone is 1. The van der Waals surface area contributed by atoms with Crippen LogP contribution in [0, 0.1) is 0 Å². The van der Waals surface area contributed by atoms with Crippen LogP contribution in [0.25, 0.3) is 0 Å². The fourth-order valence-corrected chi connectivity index (χ4v) is 1.44. The third kappa shape index (κ3) is 2.60. The molecule has 1 N–H and O–H groups in total. The van der Waals surface area contributed by atoms with Gasteiger partial charge in [0, 0.05) is 18.8 Å². The highest BCUT2D eigenvalue weighted by molar-refractivity contribution is 4.82. The van der Waals surface area contributed by atoms with Crippen molar-refractivity contribution in [1.29, 1.82) is 0 Å². The zero-order chi connectivity index (χ0) is 10.4.